The van der Waals surface area contributed by atoms with Crippen LogP contribution in [-0.4, -0.2) is 5.97 Å². The van der Waals surface area contributed by atoms with Gasteiger partial charge in [-0.05, 0) is 18.9 Å². The Labute approximate surface area is 73.9 Å². The molecule has 0 N–H and O–H groups in total. The topological polar surface area (TPSA) is 26.3 Å². The van der Waals surface area contributed by atoms with E-state index in [0.29, 0.717) is 5.76 Å². The van der Waals surface area contributed by atoms with Crippen molar-refractivity contribution in [1.29, 1.82) is 0 Å². The zero-order chi connectivity index (χ0) is 9.56. The summed E-state index contributed by atoms with van der Waals surface area (Å²) in [5.74, 6) is 0.139. The molecule has 0 amide bonds. The number of unbranched alkanes of at least 4 members (excludes halogenated alkanes) is 1. The lowest BCUT2D eigenvalue weighted by molar-refractivity contribution is -0.136. The molecule has 12 heavy (non-hydrogen) atoms. The van der Waals surface area contributed by atoms with Crippen LogP contribution in [0.25, 0.3) is 0 Å². The second-order valence-corrected chi connectivity index (χ2v) is 2.69. The van der Waals surface area contributed by atoms with Gasteiger partial charge in [-0.1, -0.05) is 26.0 Å². The minimum atomic E-state index is -0.316. The predicted molar refractivity (Wildman–Crippen MR) is 49.6 cm³/mol. The van der Waals surface area contributed by atoms with E-state index in [4.69, 9.17) is 4.74 Å². The van der Waals surface area contributed by atoms with Crippen LogP contribution in [0.5, 0.6) is 0 Å². The third kappa shape index (κ3) is 4.72. The average Bonchev–Trinajstić information content (AvgIpc) is 1.98. The zero-order valence-corrected chi connectivity index (χ0v) is 8.02. The first-order chi connectivity index (χ1) is 5.57. The normalized spacial score (nSPS) is 11.1. The highest BCUT2D eigenvalue weighted by molar-refractivity contribution is 5.67. The molecule has 0 aromatic carbocycles. The van der Waals surface area contributed by atoms with Crippen LogP contribution in [0.3, 0.4) is 0 Å². The molecular formula is C10H16O2. The highest BCUT2D eigenvalue weighted by Gasteiger charge is 1.99. The summed E-state index contributed by atoms with van der Waals surface area (Å²) in [6, 6.07) is 0. The van der Waals surface area contributed by atoms with Gasteiger partial charge in [-0.15, -0.1) is 0 Å². The van der Waals surface area contributed by atoms with Crippen molar-refractivity contribution in [1.82, 2.24) is 0 Å². The molecule has 0 atom stereocenters. The maximum absolute atomic E-state index is 10.5. The number of rotatable bonds is 4. The van der Waals surface area contributed by atoms with Crippen molar-refractivity contribution in [2.24, 2.45) is 0 Å². The van der Waals surface area contributed by atoms with E-state index >= 15 is 0 Å². The van der Waals surface area contributed by atoms with Crippen molar-refractivity contribution < 1.29 is 9.53 Å². The van der Waals surface area contributed by atoms with E-state index in [9.17, 15) is 4.79 Å². The fourth-order valence-electron chi connectivity index (χ4n) is 0.729. The highest BCUT2D eigenvalue weighted by Crippen LogP contribution is 2.09. The lowest BCUT2D eigenvalue weighted by atomic mass is 10.2. The third-order valence-corrected chi connectivity index (χ3v) is 1.45. The van der Waals surface area contributed by atoms with Gasteiger partial charge in [0.05, 0.1) is 0 Å². The van der Waals surface area contributed by atoms with E-state index in [1.165, 1.54) is 6.92 Å². The van der Waals surface area contributed by atoms with E-state index in [-0.39, 0.29) is 5.97 Å². The Morgan fingerprint density at radius 1 is 1.50 bits per heavy atom. The van der Waals surface area contributed by atoms with Gasteiger partial charge in [0.15, 0.2) is 0 Å². The zero-order valence-electron chi connectivity index (χ0n) is 8.02. The van der Waals surface area contributed by atoms with Crippen molar-refractivity contribution >= 4 is 5.97 Å². The summed E-state index contributed by atoms with van der Waals surface area (Å²) >= 11 is 0. The molecule has 68 valence electrons. The number of carbonyl (C=O) groups excluding carboxylic acids is 1. The molecule has 0 saturated heterocycles. The van der Waals surface area contributed by atoms with Crippen LogP contribution in [0.1, 0.15) is 33.6 Å². The fraction of sp³-hybridized carbons (Fsp3) is 0.500. The van der Waals surface area contributed by atoms with E-state index in [1.807, 2.05) is 13.0 Å². The number of hydrogen-bond donors (Lipinski definition) is 0. The number of ether oxygens (including phenoxy) is 1. The largest absolute Gasteiger partial charge is 0.427 e. The molecule has 2 nitrogen and oxygen atoms in total. The number of hydrogen-bond acceptors (Lipinski definition) is 2. The Hall–Kier alpha value is -1.05. The van der Waals surface area contributed by atoms with E-state index in [1.54, 1.807) is 0 Å². The molecule has 0 spiro atoms. The summed E-state index contributed by atoms with van der Waals surface area (Å²) in [5.41, 5.74) is 0.937. The van der Waals surface area contributed by atoms with Gasteiger partial charge in [0.2, 0.25) is 0 Å². The van der Waals surface area contributed by atoms with E-state index in [2.05, 4.69) is 13.5 Å². The molecule has 0 radical (unpaired) electrons. The SMILES string of the molecule is C=C(OC(C)=O)/C(C)=C/CCC. The average molecular weight is 168 g/mol. The standard InChI is InChI=1S/C10H16O2/c1-5-6-7-8(2)9(3)12-10(4)11/h7H,3,5-6H2,1-2,4H3/b8-7+. The molecule has 0 aliphatic heterocycles. The highest BCUT2D eigenvalue weighted by atomic mass is 16.5. The van der Waals surface area contributed by atoms with Crippen molar-refractivity contribution in [3.05, 3.63) is 24.0 Å². The van der Waals surface area contributed by atoms with Crippen LogP contribution in [0, 0.1) is 0 Å². The molecule has 0 aromatic heterocycles. The summed E-state index contributed by atoms with van der Waals surface area (Å²) in [7, 11) is 0. The predicted octanol–water partition coefficient (Wildman–Crippen LogP) is 2.81. The first-order valence-corrected chi connectivity index (χ1v) is 4.12. The van der Waals surface area contributed by atoms with Gasteiger partial charge >= 0.3 is 5.97 Å². The van der Waals surface area contributed by atoms with Crippen LogP contribution in [-0.2, 0) is 9.53 Å². The summed E-state index contributed by atoms with van der Waals surface area (Å²) in [4.78, 5) is 10.5. The Morgan fingerprint density at radius 3 is 2.50 bits per heavy atom. The maximum atomic E-state index is 10.5. The maximum Gasteiger partial charge on any atom is 0.308 e. The Morgan fingerprint density at radius 2 is 2.08 bits per heavy atom. The van der Waals surface area contributed by atoms with Crippen molar-refractivity contribution in [2.45, 2.75) is 33.6 Å². The summed E-state index contributed by atoms with van der Waals surface area (Å²) in [6.45, 7) is 9.00. The molecular weight excluding hydrogens is 152 g/mol. The molecule has 0 rings (SSSR count). The summed E-state index contributed by atoms with van der Waals surface area (Å²) < 4.78 is 4.81. The summed E-state index contributed by atoms with van der Waals surface area (Å²) in [6.07, 6.45) is 4.10. The monoisotopic (exact) mass is 168 g/mol. The van der Waals surface area contributed by atoms with Crippen molar-refractivity contribution in [2.75, 3.05) is 0 Å². The van der Waals surface area contributed by atoms with Gasteiger partial charge in [0.25, 0.3) is 0 Å². The van der Waals surface area contributed by atoms with Gasteiger partial charge in [0.1, 0.15) is 5.76 Å². The van der Waals surface area contributed by atoms with Crippen LogP contribution < -0.4 is 0 Å². The van der Waals surface area contributed by atoms with Crippen LogP contribution >= 0.6 is 0 Å². The minimum Gasteiger partial charge on any atom is -0.427 e. The van der Waals surface area contributed by atoms with Crippen LogP contribution in [0.2, 0.25) is 0 Å². The summed E-state index contributed by atoms with van der Waals surface area (Å²) in [5, 5.41) is 0. The molecule has 0 aromatic rings. The molecule has 2 heteroatoms. The van der Waals surface area contributed by atoms with E-state index < -0.39 is 0 Å². The van der Waals surface area contributed by atoms with Gasteiger partial charge in [-0.3, -0.25) is 4.79 Å². The Kier molecular flexibility index (Phi) is 5.09. The van der Waals surface area contributed by atoms with Crippen LogP contribution in [0.15, 0.2) is 24.0 Å². The molecule has 0 unspecified atom stereocenters. The first-order valence-electron chi connectivity index (χ1n) is 4.12. The van der Waals surface area contributed by atoms with Gasteiger partial charge in [-0.25, -0.2) is 0 Å². The first kappa shape index (κ1) is 11.0. The molecule has 0 heterocycles. The number of carbonyl (C=O) groups is 1. The molecule has 0 fully saturated rings. The molecule has 0 aliphatic rings. The van der Waals surface area contributed by atoms with Crippen LogP contribution in [0.4, 0.5) is 0 Å². The van der Waals surface area contributed by atoms with Crippen molar-refractivity contribution in [3.8, 4) is 0 Å². The smallest absolute Gasteiger partial charge is 0.308 e. The van der Waals surface area contributed by atoms with Gasteiger partial charge in [-0.2, -0.15) is 0 Å². The molecule has 0 saturated carbocycles. The van der Waals surface area contributed by atoms with E-state index in [0.717, 1.165) is 18.4 Å². The quantitative estimate of drug-likeness (QED) is 0.366. The Bertz CT molecular complexity index is 202. The lowest BCUT2D eigenvalue weighted by Gasteiger charge is -2.04. The second kappa shape index (κ2) is 5.58. The number of esters is 1. The fourth-order valence-corrected chi connectivity index (χ4v) is 0.729. The van der Waals surface area contributed by atoms with Gasteiger partial charge < -0.3 is 4.74 Å². The molecule has 0 bridgehead atoms. The Balaban J connectivity index is 4.00. The third-order valence-electron chi connectivity index (χ3n) is 1.45. The minimum absolute atomic E-state index is 0.316. The lowest BCUT2D eigenvalue weighted by Crippen LogP contribution is -1.98. The second-order valence-electron chi connectivity index (χ2n) is 2.69. The van der Waals surface area contributed by atoms with Gasteiger partial charge in [0, 0.05) is 6.92 Å². The van der Waals surface area contributed by atoms with Crippen molar-refractivity contribution in [3.63, 3.8) is 0 Å². The number of allylic oxidation sites excluding steroid dienone is 2. The molecule has 0 aliphatic carbocycles.